The van der Waals surface area contributed by atoms with Crippen molar-refractivity contribution in [3.05, 3.63) is 59.4 Å². The van der Waals surface area contributed by atoms with Gasteiger partial charge in [-0.15, -0.1) is 0 Å². The zero-order valence-corrected chi connectivity index (χ0v) is 10.2. The second-order valence-electron chi connectivity index (χ2n) is 4.02. The van der Waals surface area contributed by atoms with Gasteiger partial charge in [0.1, 0.15) is 17.3 Å². The third-order valence-corrected chi connectivity index (χ3v) is 2.69. The molecule has 0 aliphatic heterocycles. The number of halogens is 4. The zero-order valence-electron chi connectivity index (χ0n) is 10.2. The highest BCUT2D eigenvalue weighted by Crippen LogP contribution is 2.38. The minimum atomic E-state index is -4.55. The van der Waals surface area contributed by atoms with Crippen LogP contribution in [0.2, 0.25) is 0 Å². The van der Waals surface area contributed by atoms with E-state index in [4.69, 9.17) is 10.5 Å². The lowest BCUT2D eigenvalue weighted by Gasteiger charge is -2.15. The standard InChI is InChI=1S/C14H11F4NO/c15-11-5-3-7-12(9(11)8-19)20-13-6-2-1-4-10(13)14(16,17)18/h1-7H,8,19H2. The Labute approximate surface area is 112 Å². The van der Waals surface area contributed by atoms with Gasteiger partial charge in [0, 0.05) is 12.1 Å². The molecule has 0 aromatic heterocycles. The first-order valence-electron chi connectivity index (χ1n) is 5.75. The van der Waals surface area contributed by atoms with Crippen LogP contribution in [0.5, 0.6) is 11.5 Å². The van der Waals surface area contributed by atoms with Crippen molar-refractivity contribution in [3.63, 3.8) is 0 Å². The molecule has 2 nitrogen and oxygen atoms in total. The predicted octanol–water partition coefficient (Wildman–Crippen LogP) is 4.10. The van der Waals surface area contributed by atoms with Crippen molar-refractivity contribution < 1.29 is 22.3 Å². The molecule has 0 saturated carbocycles. The van der Waals surface area contributed by atoms with E-state index < -0.39 is 17.6 Å². The number of rotatable bonds is 3. The van der Waals surface area contributed by atoms with Gasteiger partial charge in [-0.3, -0.25) is 0 Å². The van der Waals surface area contributed by atoms with Crippen LogP contribution in [0.3, 0.4) is 0 Å². The Morgan fingerprint density at radius 3 is 2.25 bits per heavy atom. The van der Waals surface area contributed by atoms with Crippen molar-refractivity contribution in [2.24, 2.45) is 5.73 Å². The first-order chi connectivity index (χ1) is 9.43. The average molecular weight is 285 g/mol. The lowest BCUT2D eigenvalue weighted by molar-refractivity contribution is -0.138. The van der Waals surface area contributed by atoms with Gasteiger partial charge >= 0.3 is 6.18 Å². The second kappa shape index (κ2) is 5.50. The van der Waals surface area contributed by atoms with Gasteiger partial charge < -0.3 is 10.5 Å². The fourth-order valence-electron chi connectivity index (χ4n) is 1.74. The summed E-state index contributed by atoms with van der Waals surface area (Å²) in [6.45, 7) is -0.170. The van der Waals surface area contributed by atoms with Crippen LogP contribution < -0.4 is 10.5 Å². The molecule has 6 heteroatoms. The number of benzene rings is 2. The van der Waals surface area contributed by atoms with E-state index in [-0.39, 0.29) is 23.6 Å². The summed E-state index contributed by atoms with van der Waals surface area (Å²) in [5, 5.41) is 0. The first kappa shape index (κ1) is 14.3. The Hall–Kier alpha value is -2.08. The molecule has 106 valence electrons. The summed E-state index contributed by atoms with van der Waals surface area (Å²) in [5.41, 5.74) is 4.49. The number of hydrogen-bond donors (Lipinski definition) is 1. The van der Waals surface area contributed by atoms with Crippen LogP contribution >= 0.6 is 0 Å². The maximum Gasteiger partial charge on any atom is 0.419 e. The van der Waals surface area contributed by atoms with E-state index in [2.05, 4.69) is 0 Å². The van der Waals surface area contributed by atoms with Gasteiger partial charge in [0.15, 0.2) is 0 Å². The molecule has 0 aliphatic carbocycles. The minimum absolute atomic E-state index is 0.0239. The van der Waals surface area contributed by atoms with E-state index in [1.807, 2.05) is 0 Å². The Kier molecular flexibility index (Phi) is 3.94. The molecule has 0 spiro atoms. The Bertz CT molecular complexity index is 610. The van der Waals surface area contributed by atoms with Gasteiger partial charge in [0.2, 0.25) is 0 Å². The second-order valence-corrected chi connectivity index (χ2v) is 4.02. The summed E-state index contributed by atoms with van der Waals surface area (Å²) in [5.74, 6) is -1.03. The van der Waals surface area contributed by atoms with Gasteiger partial charge in [0.05, 0.1) is 5.56 Å². The van der Waals surface area contributed by atoms with Crippen LogP contribution in [0.15, 0.2) is 42.5 Å². The summed E-state index contributed by atoms with van der Waals surface area (Å²) >= 11 is 0. The summed E-state index contributed by atoms with van der Waals surface area (Å²) in [4.78, 5) is 0. The van der Waals surface area contributed by atoms with Crippen molar-refractivity contribution in [1.82, 2.24) is 0 Å². The highest BCUT2D eigenvalue weighted by molar-refractivity contribution is 5.42. The molecule has 0 atom stereocenters. The summed E-state index contributed by atoms with van der Waals surface area (Å²) in [6, 6.07) is 8.63. The minimum Gasteiger partial charge on any atom is -0.456 e. The number of para-hydroxylation sites is 1. The molecule has 0 amide bonds. The smallest absolute Gasteiger partial charge is 0.419 e. The third-order valence-electron chi connectivity index (χ3n) is 2.69. The van der Waals surface area contributed by atoms with Crippen LogP contribution in [0.4, 0.5) is 17.6 Å². The monoisotopic (exact) mass is 285 g/mol. The molecule has 0 saturated heterocycles. The normalized spacial score (nSPS) is 11.4. The lowest BCUT2D eigenvalue weighted by Crippen LogP contribution is -2.08. The van der Waals surface area contributed by atoms with Crippen molar-refractivity contribution in [3.8, 4) is 11.5 Å². The molecule has 0 fully saturated rings. The molecule has 2 rings (SSSR count). The fourth-order valence-corrected chi connectivity index (χ4v) is 1.74. The largest absolute Gasteiger partial charge is 0.456 e. The van der Waals surface area contributed by atoms with Gasteiger partial charge in [-0.2, -0.15) is 13.2 Å². The van der Waals surface area contributed by atoms with Crippen LogP contribution in [-0.4, -0.2) is 0 Å². The van der Waals surface area contributed by atoms with E-state index in [1.54, 1.807) is 0 Å². The molecular weight excluding hydrogens is 274 g/mol. The Morgan fingerprint density at radius 2 is 1.60 bits per heavy atom. The third kappa shape index (κ3) is 2.91. The maximum absolute atomic E-state index is 13.5. The van der Waals surface area contributed by atoms with E-state index in [0.29, 0.717) is 0 Å². The molecule has 0 unspecified atom stereocenters. The maximum atomic E-state index is 13.5. The summed E-state index contributed by atoms with van der Waals surface area (Å²) in [6.07, 6.45) is -4.55. The lowest BCUT2D eigenvalue weighted by atomic mass is 10.1. The van der Waals surface area contributed by atoms with Crippen molar-refractivity contribution in [1.29, 1.82) is 0 Å². The fraction of sp³-hybridized carbons (Fsp3) is 0.143. The number of nitrogens with two attached hydrogens (primary N) is 1. The highest BCUT2D eigenvalue weighted by atomic mass is 19.4. The van der Waals surface area contributed by atoms with Crippen LogP contribution in [0, 0.1) is 5.82 Å². The van der Waals surface area contributed by atoms with Crippen molar-refractivity contribution >= 4 is 0 Å². The molecule has 2 N–H and O–H groups in total. The number of alkyl halides is 3. The zero-order chi connectivity index (χ0) is 14.8. The van der Waals surface area contributed by atoms with Crippen molar-refractivity contribution in [2.75, 3.05) is 0 Å². The molecule has 20 heavy (non-hydrogen) atoms. The summed E-state index contributed by atoms with van der Waals surface area (Å²) in [7, 11) is 0. The van der Waals surface area contributed by atoms with E-state index in [9.17, 15) is 17.6 Å². The Morgan fingerprint density at radius 1 is 0.950 bits per heavy atom. The molecule has 2 aromatic rings. The van der Waals surface area contributed by atoms with Crippen LogP contribution in [-0.2, 0) is 12.7 Å². The van der Waals surface area contributed by atoms with Crippen molar-refractivity contribution in [2.45, 2.75) is 12.7 Å². The molecule has 2 aromatic carbocycles. The first-order valence-corrected chi connectivity index (χ1v) is 5.75. The predicted molar refractivity (Wildman–Crippen MR) is 65.8 cm³/mol. The van der Waals surface area contributed by atoms with E-state index >= 15 is 0 Å². The van der Waals surface area contributed by atoms with Gasteiger partial charge in [-0.25, -0.2) is 4.39 Å². The van der Waals surface area contributed by atoms with E-state index in [0.717, 1.165) is 6.07 Å². The quantitative estimate of drug-likeness (QED) is 0.862. The topological polar surface area (TPSA) is 35.2 Å². The summed E-state index contributed by atoms with van der Waals surface area (Å²) < 4.78 is 57.2. The van der Waals surface area contributed by atoms with Gasteiger partial charge in [-0.1, -0.05) is 18.2 Å². The highest BCUT2D eigenvalue weighted by Gasteiger charge is 2.34. The molecule has 0 aliphatic rings. The van der Waals surface area contributed by atoms with Crippen LogP contribution in [0.1, 0.15) is 11.1 Å². The molecular formula is C14H11F4NO. The number of ether oxygens (including phenoxy) is 1. The van der Waals surface area contributed by atoms with Gasteiger partial charge in [-0.05, 0) is 24.3 Å². The average Bonchev–Trinajstić information content (AvgIpc) is 2.38. The van der Waals surface area contributed by atoms with E-state index in [1.165, 1.54) is 36.4 Å². The number of hydrogen-bond acceptors (Lipinski definition) is 2. The molecule has 0 heterocycles. The van der Waals surface area contributed by atoms with Crippen LogP contribution in [0.25, 0.3) is 0 Å². The molecule has 0 bridgehead atoms. The SMILES string of the molecule is NCc1c(F)cccc1Oc1ccccc1C(F)(F)F. The molecule has 0 radical (unpaired) electrons. The Balaban J connectivity index is 2.44. The van der Waals surface area contributed by atoms with Gasteiger partial charge in [0.25, 0.3) is 0 Å².